The molecule has 0 radical (unpaired) electrons. The number of halogens is 4. The summed E-state index contributed by atoms with van der Waals surface area (Å²) in [6, 6.07) is 4.66. The number of anilines is 1. The lowest BCUT2D eigenvalue weighted by Gasteiger charge is -2.39. The molecule has 0 spiro atoms. The Hall–Kier alpha value is -2.37. The molecule has 2 atom stereocenters. The fourth-order valence-corrected chi connectivity index (χ4v) is 5.24. The molecule has 1 amide bonds. The number of hydrogen-bond donors (Lipinski definition) is 3. The summed E-state index contributed by atoms with van der Waals surface area (Å²) >= 11 is 5.93. The third kappa shape index (κ3) is 5.31. The van der Waals surface area contributed by atoms with E-state index in [1.807, 2.05) is 0 Å². The second-order valence-electron chi connectivity index (χ2n) is 9.35. The van der Waals surface area contributed by atoms with E-state index in [9.17, 15) is 31.5 Å². The van der Waals surface area contributed by atoms with Gasteiger partial charge in [-0.2, -0.15) is 13.2 Å². The Morgan fingerprint density at radius 3 is 2.50 bits per heavy atom. The summed E-state index contributed by atoms with van der Waals surface area (Å²) in [5.74, 6) is -0.844. The maximum Gasteiger partial charge on any atom is 0.417 e. The second kappa shape index (κ2) is 8.69. The first kappa shape index (κ1) is 26.2. The van der Waals surface area contributed by atoms with Crippen molar-refractivity contribution in [2.45, 2.75) is 61.4 Å². The number of sulfone groups is 1. The van der Waals surface area contributed by atoms with Crippen LogP contribution in [0.2, 0.25) is 5.02 Å². The Morgan fingerprint density at radius 2 is 1.94 bits per heavy atom. The molecule has 4 N–H and O–H groups in total. The van der Waals surface area contributed by atoms with Gasteiger partial charge < -0.3 is 16.2 Å². The molecule has 0 saturated carbocycles. The van der Waals surface area contributed by atoms with Crippen molar-refractivity contribution < 1.29 is 31.5 Å². The van der Waals surface area contributed by atoms with Gasteiger partial charge in [0.05, 0.1) is 11.9 Å². The van der Waals surface area contributed by atoms with Crippen molar-refractivity contribution in [2.75, 3.05) is 11.6 Å². The predicted molar refractivity (Wildman–Crippen MR) is 122 cm³/mol. The summed E-state index contributed by atoms with van der Waals surface area (Å²) in [4.78, 5) is 15.7. The van der Waals surface area contributed by atoms with E-state index in [1.54, 1.807) is 0 Å². The number of alkyl halides is 3. The van der Waals surface area contributed by atoms with Crippen LogP contribution in [0.4, 0.5) is 18.9 Å². The SMILES string of the molecule is CC(C)(CC(O)(CC1Cc2cc(S(C)(=O)=O)ncc2N1)C(F)(F)F)c1ccc(Cl)cc1C(N)=O. The molecule has 0 fully saturated rings. The molecule has 0 bridgehead atoms. The summed E-state index contributed by atoms with van der Waals surface area (Å²) in [5.41, 5.74) is 2.10. The maximum absolute atomic E-state index is 14.2. The molecule has 1 aromatic heterocycles. The van der Waals surface area contributed by atoms with Crippen LogP contribution in [0.3, 0.4) is 0 Å². The number of aliphatic hydroxyl groups is 1. The zero-order chi connectivity index (χ0) is 25.7. The largest absolute Gasteiger partial charge is 0.417 e. The van der Waals surface area contributed by atoms with Gasteiger partial charge in [-0.05, 0) is 47.6 Å². The van der Waals surface area contributed by atoms with Gasteiger partial charge in [0, 0.05) is 29.3 Å². The standard InChI is InChI=1S/C22H25ClF3N3O4S/c1-20(2,16-5-4-13(23)8-15(16)19(27)30)11-21(31,22(24,25)26)9-14-6-12-7-18(34(3,32)33)28-10-17(12)29-14/h4-5,7-8,10,14,29,31H,6,9,11H2,1-3H3,(H2,27,30). The van der Waals surface area contributed by atoms with Crippen molar-refractivity contribution in [3.63, 3.8) is 0 Å². The number of nitrogens with one attached hydrogen (secondary N) is 1. The van der Waals surface area contributed by atoms with E-state index < -0.39 is 51.8 Å². The van der Waals surface area contributed by atoms with E-state index in [0.717, 1.165) is 6.26 Å². The first-order valence-electron chi connectivity index (χ1n) is 10.3. The Bertz CT molecular complexity index is 1230. The Kier molecular flexibility index (Phi) is 6.71. The Labute approximate surface area is 200 Å². The highest BCUT2D eigenvalue weighted by molar-refractivity contribution is 7.90. The smallest absolute Gasteiger partial charge is 0.380 e. The average molecular weight is 520 g/mol. The number of carbonyl (C=O) groups is 1. The molecule has 0 aliphatic carbocycles. The van der Waals surface area contributed by atoms with Crippen molar-refractivity contribution in [2.24, 2.45) is 5.73 Å². The predicted octanol–water partition coefficient (Wildman–Crippen LogP) is 3.63. The lowest BCUT2D eigenvalue weighted by molar-refractivity contribution is -0.270. The third-order valence-electron chi connectivity index (χ3n) is 5.99. The molecule has 3 rings (SSSR count). The lowest BCUT2D eigenvalue weighted by atomic mass is 9.71. The third-order valence-corrected chi connectivity index (χ3v) is 7.21. The van der Waals surface area contributed by atoms with Crippen molar-refractivity contribution >= 4 is 33.0 Å². The normalized spacial score (nSPS) is 18.2. The number of amides is 1. The second-order valence-corrected chi connectivity index (χ2v) is 11.7. The summed E-state index contributed by atoms with van der Waals surface area (Å²) in [7, 11) is -3.58. The molecule has 2 unspecified atom stereocenters. The maximum atomic E-state index is 14.2. The zero-order valence-electron chi connectivity index (χ0n) is 18.7. The van der Waals surface area contributed by atoms with Crippen LogP contribution in [0.25, 0.3) is 0 Å². The highest BCUT2D eigenvalue weighted by Gasteiger charge is 2.57. The number of nitrogens with two attached hydrogens (primary N) is 1. The number of pyridine rings is 1. The van der Waals surface area contributed by atoms with E-state index in [0.29, 0.717) is 11.3 Å². The number of carbonyl (C=O) groups excluding carboxylic acids is 1. The summed E-state index contributed by atoms with van der Waals surface area (Å²) in [6.45, 7) is 2.97. The molecule has 12 heteroatoms. The van der Waals surface area contributed by atoms with Crippen LogP contribution >= 0.6 is 11.6 Å². The summed E-state index contributed by atoms with van der Waals surface area (Å²) in [6.07, 6.45) is -4.13. The lowest BCUT2D eigenvalue weighted by Crippen LogP contribution is -2.52. The Balaban J connectivity index is 1.91. The molecule has 34 heavy (non-hydrogen) atoms. The molecule has 2 aromatic rings. The quantitative estimate of drug-likeness (QED) is 0.513. The number of benzene rings is 1. The van der Waals surface area contributed by atoms with Crippen LogP contribution < -0.4 is 11.1 Å². The van der Waals surface area contributed by atoms with Crippen LogP contribution in [0.1, 0.15) is 48.2 Å². The molecular formula is C22H25ClF3N3O4S. The minimum absolute atomic E-state index is 0.0206. The fourth-order valence-electron chi connectivity index (χ4n) is 4.47. The summed E-state index contributed by atoms with van der Waals surface area (Å²) < 4.78 is 66.1. The van der Waals surface area contributed by atoms with Gasteiger partial charge in [-0.3, -0.25) is 4.79 Å². The van der Waals surface area contributed by atoms with Crippen molar-refractivity contribution in [3.05, 3.63) is 52.2 Å². The highest BCUT2D eigenvalue weighted by atomic mass is 35.5. The topological polar surface area (TPSA) is 122 Å². The number of nitrogens with zero attached hydrogens (tertiary/aromatic N) is 1. The number of rotatable bonds is 7. The monoisotopic (exact) mass is 519 g/mol. The minimum atomic E-state index is -4.99. The molecule has 2 heterocycles. The van der Waals surface area contributed by atoms with Gasteiger partial charge in [0.2, 0.25) is 5.91 Å². The molecular weight excluding hydrogens is 495 g/mol. The van der Waals surface area contributed by atoms with E-state index in [4.69, 9.17) is 17.3 Å². The van der Waals surface area contributed by atoms with Crippen molar-refractivity contribution in [3.8, 4) is 0 Å². The van der Waals surface area contributed by atoms with Gasteiger partial charge in [-0.25, -0.2) is 13.4 Å². The van der Waals surface area contributed by atoms with Crippen LogP contribution in [0.5, 0.6) is 0 Å². The van der Waals surface area contributed by atoms with Crippen molar-refractivity contribution in [1.29, 1.82) is 0 Å². The fraction of sp³-hybridized carbons (Fsp3) is 0.455. The van der Waals surface area contributed by atoms with Crippen LogP contribution in [0.15, 0.2) is 35.5 Å². The van der Waals surface area contributed by atoms with Gasteiger partial charge in [-0.1, -0.05) is 31.5 Å². The molecule has 7 nitrogen and oxygen atoms in total. The first-order valence-corrected chi connectivity index (χ1v) is 12.5. The van der Waals surface area contributed by atoms with Crippen LogP contribution in [0, 0.1) is 0 Å². The van der Waals surface area contributed by atoms with E-state index in [1.165, 1.54) is 44.3 Å². The van der Waals surface area contributed by atoms with Gasteiger partial charge in [0.1, 0.15) is 0 Å². The molecule has 1 aliphatic rings. The molecule has 186 valence electrons. The Morgan fingerprint density at radius 1 is 1.29 bits per heavy atom. The van der Waals surface area contributed by atoms with E-state index >= 15 is 0 Å². The highest BCUT2D eigenvalue weighted by Crippen LogP contribution is 2.46. The van der Waals surface area contributed by atoms with Gasteiger partial charge in [0.15, 0.2) is 20.5 Å². The molecule has 1 aromatic carbocycles. The van der Waals surface area contributed by atoms with Crippen molar-refractivity contribution in [1.82, 2.24) is 4.98 Å². The number of fused-ring (bicyclic) bond motifs is 1. The summed E-state index contributed by atoms with van der Waals surface area (Å²) in [5, 5.41) is 13.9. The van der Waals surface area contributed by atoms with Crippen LogP contribution in [-0.2, 0) is 21.7 Å². The number of aromatic nitrogens is 1. The minimum Gasteiger partial charge on any atom is -0.380 e. The van der Waals surface area contributed by atoms with Gasteiger partial charge in [0.25, 0.3) is 0 Å². The first-order chi connectivity index (χ1) is 15.4. The van der Waals surface area contributed by atoms with E-state index in [-0.39, 0.29) is 27.6 Å². The zero-order valence-corrected chi connectivity index (χ0v) is 20.3. The number of primary amides is 1. The van der Waals surface area contributed by atoms with Gasteiger partial charge >= 0.3 is 6.18 Å². The molecule has 0 saturated heterocycles. The van der Waals surface area contributed by atoms with E-state index in [2.05, 4.69) is 10.3 Å². The average Bonchev–Trinajstić information content (AvgIpc) is 3.06. The van der Waals surface area contributed by atoms with Crippen LogP contribution in [-0.4, -0.2) is 48.5 Å². The number of hydrogen-bond acceptors (Lipinski definition) is 6. The molecule has 1 aliphatic heterocycles. The van der Waals surface area contributed by atoms with Gasteiger partial charge in [-0.15, -0.1) is 0 Å².